The normalized spacial score (nSPS) is 34.5. The molecule has 3 N–H and O–H groups in total. The maximum Gasteiger partial charge on any atom is 0.0572 e. The zero-order valence-corrected chi connectivity index (χ0v) is 12.7. The van der Waals surface area contributed by atoms with Gasteiger partial charge in [0.2, 0.25) is 0 Å². The molecule has 0 radical (unpaired) electrons. The number of hydrogen-bond donors (Lipinski definition) is 2. The maximum absolute atomic E-state index is 6.44. The SMILES string of the molecule is CC1C=CCC(C2=C(N)CC3NC4=C(C=CCC4)C3=C2)C1. The summed E-state index contributed by atoms with van der Waals surface area (Å²) in [5.74, 6) is 1.28. The Morgan fingerprint density at radius 1 is 1.29 bits per heavy atom. The van der Waals surface area contributed by atoms with Gasteiger partial charge in [-0.3, -0.25) is 0 Å². The summed E-state index contributed by atoms with van der Waals surface area (Å²) < 4.78 is 0. The quantitative estimate of drug-likeness (QED) is 0.719. The zero-order valence-electron chi connectivity index (χ0n) is 12.7. The molecule has 0 saturated carbocycles. The molecule has 110 valence electrons. The summed E-state index contributed by atoms with van der Waals surface area (Å²) in [7, 11) is 0. The smallest absolute Gasteiger partial charge is 0.0572 e. The van der Waals surface area contributed by atoms with Gasteiger partial charge < -0.3 is 11.1 Å². The van der Waals surface area contributed by atoms with Crippen LogP contribution >= 0.6 is 0 Å². The summed E-state index contributed by atoms with van der Waals surface area (Å²) in [6.07, 6.45) is 17.3. The third kappa shape index (κ3) is 2.17. The van der Waals surface area contributed by atoms with E-state index in [1.54, 1.807) is 0 Å². The number of hydrogen-bond acceptors (Lipinski definition) is 2. The first kappa shape index (κ1) is 13.0. The topological polar surface area (TPSA) is 38.0 Å². The van der Waals surface area contributed by atoms with Crippen molar-refractivity contribution >= 4 is 0 Å². The number of nitrogens with one attached hydrogen (secondary N) is 1. The van der Waals surface area contributed by atoms with Crippen LogP contribution in [0, 0.1) is 11.8 Å². The largest absolute Gasteiger partial charge is 0.402 e. The fourth-order valence-corrected chi connectivity index (χ4v) is 4.23. The predicted octanol–water partition coefficient (Wildman–Crippen LogP) is 3.71. The molecule has 2 nitrogen and oxygen atoms in total. The van der Waals surface area contributed by atoms with Crippen LogP contribution in [0.25, 0.3) is 0 Å². The average molecular weight is 280 g/mol. The molecule has 2 heteroatoms. The molecule has 0 saturated heterocycles. The van der Waals surface area contributed by atoms with Gasteiger partial charge in [-0.05, 0) is 54.2 Å². The predicted molar refractivity (Wildman–Crippen MR) is 87.3 cm³/mol. The molecule has 0 aromatic carbocycles. The Hall–Kier alpha value is -1.70. The molecule has 3 atom stereocenters. The molecular weight excluding hydrogens is 256 g/mol. The van der Waals surface area contributed by atoms with Crippen molar-refractivity contribution in [1.82, 2.24) is 5.32 Å². The second-order valence-electron chi connectivity index (χ2n) is 6.89. The Balaban J connectivity index is 1.68. The summed E-state index contributed by atoms with van der Waals surface area (Å²) in [5, 5.41) is 3.69. The maximum atomic E-state index is 6.44. The zero-order chi connectivity index (χ0) is 14.4. The summed E-state index contributed by atoms with van der Waals surface area (Å²) in [6.45, 7) is 2.31. The lowest BCUT2D eigenvalue weighted by Crippen LogP contribution is -2.30. The van der Waals surface area contributed by atoms with E-state index in [0.29, 0.717) is 17.9 Å². The van der Waals surface area contributed by atoms with E-state index in [9.17, 15) is 0 Å². The van der Waals surface area contributed by atoms with Gasteiger partial charge >= 0.3 is 0 Å². The van der Waals surface area contributed by atoms with Gasteiger partial charge in [-0.15, -0.1) is 0 Å². The molecule has 0 fully saturated rings. The summed E-state index contributed by atoms with van der Waals surface area (Å²) in [4.78, 5) is 0. The number of nitrogens with two attached hydrogens (primary N) is 1. The molecule has 3 unspecified atom stereocenters. The fourth-order valence-electron chi connectivity index (χ4n) is 4.23. The van der Waals surface area contributed by atoms with E-state index in [-0.39, 0.29) is 0 Å². The van der Waals surface area contributed by atoms with Gasteiger partial charge in [-0.25, -0.2) is 0 Å². The molecule has 0 amide bonds. The van der Waals surface area contributed by atoms with Crippen molar-refractivity contribution in [3.63, 3.8) is 0 Å². The highest BCUT2D eigenvalue weighted by atomic mass is 15.0. The second kappa shape index (κ2) is 4.94. The van der Waals surface area contributed by atoms with Crippen LogP contribution < -0.4 is 11.1 Å². The van der Waals surface area contributed by atoms with E-state index >= 15 is 0 Å². The molecule has 0 aromatic rings. The molecule has 0 bridgehead atoms. The third-order valence-corrected chi connectivity index (χ3v) is 5.29. The van der Waals surface area contributed by atoms with Crippen LogP contribution in [0.2, 0.25) is 0 Å². The lowest BCUT2D eigenvalue weighted by Gasteiger charge is -2.30. The Labute approximate surface area is 127 Å². The van der Waals surface area contributed by atoms with Crippen LogP contribution in [-0.4, -0.2) is 6.04 Å². The minimum atomic E-state index is 0.415. The molecule has 0 spiro atoms. The molecule has 1 aliphatic heterocycles. The summed E-state index contributed by atoms with van der Waals surface area (Å²) >= 11 is 0. The molecule has 1 heterocycles. The Morgan fingerprint density at radius 3 is 3.05 bits per heavy atom. The summed E-state index contributed by atoms with van der Waals surface area (Å²) in [6, 6.07) is 0.415. The first-order chi connectivity index (χ1) is 10.2. The first-order valence-corrected chi connectivity index (χ1v) is 8.25. The van der Waals surface area contributed by atoms with Gasteiger partial charge in [0, 0.05) is 17.8 Å². The van der Waals surface area contributed by atoms with E-state index in [1.807, 2.05) is 0 Å². The highest BCUT2D eigenvalue weighted by Gasteiger charge is 2.33. The third-order valence-electron chi connectivity index (χ3n) is 5.29. The van der Waals surface area contributed by atoms with Gasteiger partial charge in [0.05, 0.1) is 6.04 Å². The van der Waals surface area contributed by atoms with Crippen LogP contribution in [-0.2, 0) is 0 Å². The molecule has 4 rings (SSSR count). The standard InChI is InChI=1S/C19H24N2/c1-12-5-4-6-13(9-12)15-10-16-14-7-2-3-8-18(14)21-19(16)11-17(15)20/h2,4-5,7,10,12-13,19,21H,3,6,8-9,11,20H2,1H3. The van der Waals surface area contributed by atoms with Crippen molar-refractivity contribution < 1.29 is 0 Å². The van der Waals surface area contributed by atoms with Crippen LogP contribution in [0.4, 0.5) is 0 Å². The van der Waals surface area contributed by atoms with Gasteiger partial charge in [0.25, 0.3) is 0 Å². The second-order valence-corrected chi connectivity index (χ2v) is 6.89. The molecule has 3 aliphatic carbocycles. The van der Waals surface area contributed by atoms with Crippen molar-refractivity contribution in [2.24, 2.45) is 17.6 Å². The fraction of sp³-hybridized carbons (Fsp3) is 0.474. The van der Waals surface area contributed by atoms with E-state index in [2.05, 4.69) is 42.6 Å². The van der Waals surface area contributed by atoms with Gasteiger partial charge in [-0.1, -0.05) is 37.3 Å². The van der Waals surface area contributed by atoms with Crippen molar-refractivity contribution in [3.05, 3.63) is 58.5 Å². The monoisotopic (exact) mass is 280 g/mol. The Bertz CT molecular complexity index is 615. The van der Waals surface area contributed by atoms with Crippen LogP contribution in [0.5, 0.6) is 0 Å². The van der Waals surface area contributed by atoms with Crippen LogP contribution in [0.15, 0.2) is 58.5 Å². The van der Waals surface area contributed by atoms with Gasteiger partial charge in [0.1, 0.15) is 0 Å². The number of fused-ring (bicyclic) bond motifs is 2. The molecular formula is C19H24N2. The minimum Gasteiger partial charge on any atom is -0.402 e. The number of allylic oxidation sites excluding steroid dienone is 7. The van der Waals surface area contributed by atoms with Crippen molar-refractivity contribution in [3.8, 4) is 0 Å². The summed E-state index contributed by atoms with van der Waals surface area (Å²) in [5.41, 5.74) is 13.3. The Kier molecular flexibility index (Phi) is 3.06. The highest BCUT2D eigenvalue weighted by Crippen LogP contribution is 2.41. The Morgan fingerprint density at radius 2 is 2.19 bits per heavy atom. The van der Waals surface area contributed by atoms with Crippen LogP contribution in [0.1, 0.15) is 39.0 Å². The van der Waals surface area contributed by atoms with Gasteiger partial charge in [0.15, 0.2) is 0 Å². The highest BCUT2D eigenvalue weighted by molar-refractivity contribution is 5.57. The van der Waals surface area contributed by atoms with Crippen molar-refractivity contribution in [2.75, 3.05) is 0 Å². The van der Waals surface area contributed by atoms with Gasteiger partial charge in [-0.2, -0.15) is 0 Å². The molecule has 21 heavy (non-hydrogen) atoms. The molecule has 4 aliphatic rings. The lowest BCUT2D eigenvalue weighted by molar-refractivity contribution is 0.466. The lowest BCUT2D eigenvalue weighted by atomic mass is 9.77. The van der Waals surface area contributed by atoms with E-state index < -0.39 is 0 Å². The van der Waals surface area contributed by atoms with Crippen molar-refractivity contribution in [1.29, 1.82) is 0 Å². The van der Waals surface area contributed by atoms with Crippen molar-refractivity contribution in [2.45, 2.75) is 45.1 Å². The van der Waals surface area contributed by atoms with Crippen LogP contribution in [0.3, 0.4) is 0 Å². The van der Waals surface area contributed by atoms with E-state index in [1.165, 1.54) is 28.8 Å². The van der Waals surface area contributed by atoms with E-state index in [4.69, 9.17) is 5.73 Å². The van der Waals surface area contributed by atoms with E-state index in [0.717, 1.165) is 31.4 Å². The number of rotatable bonds is 1. The molecule has 0 aromatic heterocycles. The minimum absolute atomic E-state index is 0.415. The average Bonchev–Trinajstić information content (AvgIpc) is 2.83. The first-order valence-electron chi connectivity index (χ1n) is 8.25.